The van der Waals surface area contributed by atoms with Gasteiger partial charge in [-0.3, -0.25) is 4.79 Å². The number of aliphatic carboxylic acids is 1. The van der Waals surface area contributed by atoms with Gasteiger partial charge in [0, 0.05) is 6.42 Å². The molecule has 1 unspecified atom stereocenters. The Morgan fingerprint density at radius 1 is 1.46 bits per heavy atom. The summed E-state index contributed by atoms with van der Waals surface area (Å²) < 4.78 is 0. The monoisotopic (exact) mass is 184 g/mol. The first kappa shape index (κ1) is 11.9. The molecule has 1 N–H and O–H groups in total. The van der Waals surface area contributed by atoms with Gasteiger partial charge in [-0.15, -0.1) is 0 Å². The summed E-state index contributed by atoms with van der Waals surface area (Å²) in [6, 6.07) is 0. The van der Waals surface area contributed by atoms with Gasteiger partial charge < -0.3 is 9.90 Å². The largest absolute Gasteiger partial charge is 0.481 e. The van der Waals surface area contributed by atoms with E-state index in [-0.39, 0.29) is 5.78 Å². The van der Waals surface area contributed by atoms with Crippen LogP contribution in [0.2, 0.25) is 0 Å². The smallest absolute Gasteiger partial charge is 0.310 e. The van der Waals surface area contributed by atoms with Gasteiger partial charge in [-0.05, 0) is 26.7 Å². The number of carbonyl (C=O) groups is 2. The van der Waals surface area contributed by atoms with Gasteiger partial charge >= 0.3 is 5.97 Å². The van der Waals surface area contributed by atoms with Gasteiger partial charge in [-0.2, -0.15) is 0 Å². The van der Waals surface area contributed by atoms with Gasteiger partial charge in [-0.25, -0.2) is 0 Å². The second-order valence-electron chi connectivity index (χ2n) is 3.06. The van der Waals surface area contributed by atoms with Crippen molar-refractivity contribution in [2.24, 2.45) is 5.92 Å². The van der Waals surface area contributed by atoms with Crippen molar-refractivity contribution < 1.29 is 14.7 Å². The van der Waals surface area contributed by atoms with E-state index in [1.165, 1.54) is 6.92 Å². The number of allylic oxidation sites excluding steroid dienone is 1. The average Bonchev–Trinajstić information content (AvgIpc) is 2.02. The van der Waals surface area contributed by atoms with Gasteiger partial charge in [-0.1, -0.05) is 12.2 Å². The lowest BCUT2D eigenvalue weighted by atomic mass is 10.0. The Bertz CT molecular complexity index is 206. The standard InChI is InChI=1S/C10H16O3/c1-3-5-9(10(12)13)7-4-6-8(2)11/h3,5,9H,4,6-7H2,1-2H3,(H,12,13). The van der Waals surface area contributed by atoms with Gasteiger partial charge in [0.15, 0.2) is 0 Å². The fourth-order valence-electron chi connectivity index (χ4n) is 1.11. The third-order valence-electron chi connectivity index (χ3n) is 1.79. The predicted molar refractivity (Wildman–Crippen MR) is 50.5 cm³/mol. The molecule has 13 heavy (non-hydrogen) atoms. The Labute approximate surface area is 78.5 Å². The second-order valence-corrected chi connectivity index (χ2v) is 3.06. The summed E-state index contributed by atoms with van der Waals surface area (Å²) in [4.78, 5) is 21.2. The number of ketones is 1. The molecule has 0 heterocycles. The minimum atomic E-state index is -0.818. The maximum absolute atomic E-state index is 10.6. The molecule has 0 radical (unpaired) electrons. The Kier molecular flexibility index (Phi) is 5.85. The van der Waals surface area contributed by atoms with Crippen molar-refractivity contribution in [3.63, 3.8) is 0 Å². The van der Waals surface area contributed by atoms with E-state index in [9.17, 15) is 9.59 Å². The summed E-state index contributed by atoms with van der Waals surface area (Å²) in [6.45, 7) is 3.31. The summed E-state index contributed by atoms with van der Waals surface area (Å²) in [5.41, 5.74) is 0. The normalized spacial score (nSPS) is 13.1. The van der Waals surface area contributed by atoms with Crippen LogP contribution >= 0.6 is 0 Å². The van der Waals surface area contributed by atoms with E-state index in [4.69, 9.17) is 5.11 Å². The number of carbonyl (C=O) groups excluding carboxylic acids is 1. The van der Waals surface area contributed by atoms with E-state index < -0.39 is 11.9 Å². The highest BCUT2D eigenvalue weighted by Gasteiger charge is 2.12. The van der Waals surface area contributed by atoms with E-state index in [0.717, 1.165) is 0 Å². The zero-order valence-electron chi connectivity index (χ0n) is 8.12. The molecule has 0 aliphatic rings. The lowest BCUT2D eigenvalue weighted by Gasteiger charge is -2.05. The molecule has 1 atom stereocenters. The molecule has 0 saturated heterocycles. The van der Waals surface area contributed by atoms with E-state index in [2.05, 4.69) is 0 Å². The first-order chi connectivity index (χ1) is 6.07. The summed E-state index contributed by atoms with van der Waals surface area (Å²) in [5, 5.41) is 8.73. The third kappa shape index (κ3) is 6.08. The zero-order valence-corrected chi connectivity index (χ0v) is 8.12. The van der Waals surface area contributed by atoms with Crippen LogP contribution in [0.15, 0.2) is 12.2 Å². The molecule has 0 aliphatic carbocycles. The molecule has 0 bridgehead atoms. The molecule has 0 aromatic rings. The van der Waals surface area contributed by atoms with Crippen LogP contribution in [-0.2, 0) is 9.59 Å². The van der Waals surface area contributed by atoms with Crippen molar-refractivity contribution in [2.45, 2.75) is 33.1 Å². The predicted octanol–water partition coefficient (Wildman–Crippen LogP) is 2.02. The lowest BCUT2D eigenvalue weighted by Crippen LogP contribution is -2.11. The maximum atomic E-state index is 10.6. The number of carboxylic acids is 1. The molecular weight excluding hydrogens is 168 g/mol. The number of hydrogen-bond acceptors (Lipinski definition) is 2. The van der Waals surface area contributed by atoms with Crippen LogP contribution in [0, 0.1) is 5.92 Å². The molecule has 0 amide bonds. The number of carboxylic acid groups (broad SMARTS) is 1. The van der Waals surface area contributed by atoms with Gasteiger partial charge in [0.25, 0.3) is 0 Å². The first-order valence-electron chi connectivity index (χ1n) is 4.43. The molecular formula is C10H16O3. The summed E-state index contributed by atoms with van der Waals surface area (Å²) in [6.07, 6.45) is 5.05. The van der Waals surface area contributed by atoms with Crippen LogP contribution < -0.4 is 0 Å². The highest BCUT2D eigenvalue weighted by Crippen LogP contribution is 2.10. The van der Waals surface area contributed by atoms with Crippen molar-refractivity contribution in [1.82, 2.24) is 0 Å². The van der Waals surface area contributed by atoms with Crippen LogP contribution in [0.1, 0.15) is 33.1 Å². The molecule has 0 rings (SSSR count). The molecule has 0 spiro atoms. The van der Waals surface area contributed by atoms with E-state index in [1.54, 1.807) is 19.1 Å². The van der Waals surface area contributed by atoms with Crippen molar-refractivity contribution in [2.75, 3.05) is 0 Å². The SMILES string of the molecule is CC=CC(CCCC(C)=O)C(=O)O. The van der Waals surface area contributed by atoms with Crippen LogP contribution in [0.5, 0.6) is 0 Å². The fraction of sp³-hybridized carbons (Fsp3) is 0.600. The topological polar surface area (TPSA) is 54.4 Å². The van der Waals surface area contributed by atoms with Crippen LogP contribution in [0.4, 0.5) is 0 Å². The first-order valence-corrected chi connectivity index (χ1v) is 4.43. The molecule has 3 nitrogen and oxygen atoms in total. The highest BCUT2D eigenvalue weighted by molar-refractivity contribution is 5.75. The summed E-state index contributed by atoms with van der Waals surface area (Å²) in [5.74, 6) is -1.14. The van der Waals surface area contributed by atoms with Crippen molar-refractivity contribution in [3.8, 4) is 0 Å². The van der Waals surface area contributed by atoms with Gasteiger partial charge in [0.2, 0.25) is 0 Å². The van der Waals surface area contributed by atoms with E-state index in [0.29, 0.717) is 19.3 Å². The number of rotatable bonds is 6. The van der Waals surface area contributed by atoms with Crippen molar-refractivity contribution in [3.05, 3.63) is 12.2 Å². The molecule has 0 aliphatic heterocycles. The Morgan fingerprint density at radius 3 is 2.46 bits per heavy atom. The van der Waals surface area contributed by atoms with E-state index in [1.807, 2.05) is 0 Å². The molecule has 3 heteroatoms. The molecule has 0 aromatic heterocycles. The quantitative estimate of drug-likeness (QED) is 0.642. The third-order valence-corrected chi connectivity index (χ3v) is 1.79. The maximum Gasteiger partial charge on any atom is 0.310 e. The average molecular weight is 184 g/mol. The zero-order chi connectivity index (χ0) is 10.3. The van der Waals surface area contributed by atoms with E-state index >= 15 is 0 Å². The minimum Gasteiger partial charge on any atom is -0.481 e. The Morgan fingerprint density at radius 2 is 2.08 bits per heavy atom. The van der Waals surface area contributed by atoms with Crippen molar-refractivity contribution in [1.29, 1.82) is 0 Å². The van der Waals surface area contributed by atoms with Gasteiger partial charge in [0.1, 0.15) is 5.78 Å². The fourth-order valence-corrected chi connectivity index (χ4v) is 1.11. The van der Waals surface area contributed by atoms with Gasteiger partial charge in [0.05, 0.1) is 5.92 Å². The lowest BCUT2D eigenvalue weighted by molar-refractivity contribution is -0.140. The summed E-state index contributed by atoms with van der Waals surface area (Å²) >= 11 is 0. The van der Waals surface area contributed by atoms with Crippen LogP contribution in [0.3, 0.4) is 0 Å². The Balaban J connectivity index is 3.83. The highest BCUT2D eigenvalue weighted by atomic mass is 16.4. The van der Waals surface area contributed by atoms with Crippen molar-refractivity contribution >= 4 is 11.8 Å². The number of hydrogen-bond donors (Lipinski definition) is 1. The molecule has 0 fully saturated rings. The van der Waals surface area contributed by atoms with Crippen LogP contribution in [0.25, 0.3) is 0 Å². The Hall–Kier alpha value is -1.12. The molecule has 0 saturated carbocycles. The number of Topliss-reactive ketones (excluding diaryl/α,β-unsaturated/α-hetero) is 1. The summed E-state index contributed by atoms with van der Waals surface area (Å²) in [7, 11) is 0. The molecule has 0 aromatic carbocycles. The molecule has 74 valence electrons. The minimum absolute atomic E-state index is 0.115. The second kappa shape index (κ2) is 6.40. The van der Waals surface area contributed by atoms with Crippen LogP contribution in [-0.4, -0.2) is 16.9 Å².